The largest absolute Gasteiger partial charge is 0.497 e. The van der Waals surface area contributed by atoms with E-state index in [1.807, 2.05) is 11.4 Å². The van der Waals surface area contributed by atoms with Gasteiger partial charge in [-0.3, -0.25) is 19.2 Å². The van der Waals surface area contributed by atoms with Crippen LogP contribution in [-0.4, -0.2) is 58.0 Å². The van der Waals surface area contributed by atoms with Crippen molar-refractivity contribution in [3.05, 3.63) is 47.5 Å². The quantitative estimate of drug-likeness (QED) is 0.563. The highest BCUT2D eigenvalue weighted by Gasteiger charge is 2.43. The van der Waals surface area contributed by atoms with E-state index in [4.69, 9.17) is 9.47 Å². The third-order valence-electron chi connectivity index (χ3n) is 5.15. The number of methoxy groups -OCH3 is 2. The van der Waals surface area contributed by atoms with E-state index in [0.29, 0.717) is 17.2 Å². The number of imide groups is 1. The summed E-state index contributed by atoms with van der Waals surface area (Å²) in [5.41, 5.74) is 1.84. The molecule has 4 amide bonds. The molecule has 0 saturated carbocycles. The number of carbonyl (C=O) groups excluding carboxylic acids is 3. The molecule has 0 radical (unpaired) electrons. The molecular weight excluding hydrogens is 476 g/mol. The Morgan fingerprint density at radius 3 is 2.09 bits per heavy atom. The van der Waals surface area contributed by atoms with E-state index in [1.54, 1.807) is 44.2 Å². The van der Waals surface area contributed by atoms with Gasteiger partial charge in [-0.15, -0.1) is 0 Å². The van der Waals surface area contributed by atoms with Crippen LogP contribution in [-0.2, 0) is 19.6 Å². The molecule has 12 heteroatoms. The van der Waals surface area contributed by atoms with E-state index in [1.165, 1.54) is 21.1 Å². The Morgan fingerprint density at radius 2 is 1.57 bits per heavy atom. The van der Waals surface area contributed by atoms with Crippen LogP contribution in [0.4, 0.5) is 16.2 Å². The molecule has 3 rings (SSSR count). The molecule has 0 aromatic heterocycles. The van der Waals surface area contributed by atoms with E-state index < -0.39 is 39.7 Å². The molecule has 1 heterocycles. The van der Waals surface area contributed by atoms with Crippen LogP contribution in [0.1, 0.15) is 18.1 Å². The van der Waals surface area contributed by atoms with Gasteiger partial charge in [0.25, 0.3) is 15.9 Å². The van der Waals surface area contributed by atoms with Crippen molar-refractivity contribution in [1.82, 2.24) is 5.32 Å². The minimum absolute atomic E-state index is 0.189. The summed E-state index contributed by atoms with van der Waals surface area (Å²) in [6, 6.07) is 8.79. The van der Waals surface area contributed by atoms with E-state index in [-0.39, 0.29) is 11.4 Å². The number of aliphatic imine (C=N–C) groups is 1. The first-order valence-corrected chi connectivity index (χ1v) is 12.0. The second kappa shape index (κ2) is 10.1. The van der Waals surface area contributed by atoms with E-state index in [9.17, 15) is 22.8 Å². The molecule has 0 bridgehead atoms. The molecule has 1 aliphatic rings. The van der Waals surface area contributed by atoms with E-state index in [0.717, 1.165) is 15.4 Å². The van der Waals surface area contributed by atoms with Crippen molar-refractivity contribution < 1.29 is 32.3 Å². The number of amides is 4. The smallest absolute Gasteiger partial charge is 0.347 e. The number of sulfonamides is 1. The summed E-state index contributed by atoms with van der Waals surface area (Å²) in [7, 11) is -1.60. The highest BCUT2D eigenvalue weighted by molar-refractivity contribution is 7.95. The van der Waals surface area contributed by atoms with Crippen molar-refractivity contribution in [2.24, 2.45) is 4.99 Å². The maximum absolute atomic E-state index is 13.7. The van der Waals surface area contributed by atoms with Crippen LogP contribution in [0.2, 0.25) is 0 Å². The number of nitrogens with one attached hydrogen (secondary N) is 2. The Hall–Kier alpha value is -3.93. The van der Waals surface area contributed by atoms with Gasteiger partial charge in [-0.25, -0.2) is 18.2 Å². The number of benzene rings is 2. The number of carbonyl (C=O) groups is 3. The molecule has 1 aliphatic heterocycles. The van der Waals surface area contributed by atoms with Crippen LogP contribution in [0.15, 0.2) is 41.4 Å². The molecule has 0 fully saturated rings. The Bertz CT molecular complexity index is 1280. The minimum Gasteiger partial charge on any atom is -0.497 e. The monoisotopic (exact) mass is 502 g/mol. The number of ether oxygens (including phenoxy) is 2. The van der Waals surface area contributed by atoms with Crippen LogP contribution in [0.5, 0.6) is 11.5 Å². The minimum atomic E-state index is -4.52. The SMILES string of the molecule is COc1cc(NC(=O)CN(c2cc(C)cc(C)c2)S(=O)(=O)C2C(=O)NC(=O)N=C2C)cc(OC)c1. The summed E-state index contributed by atoms with van der Waals surface area (Å²) in [5.74, 6) is -0.859. The van der Waals surface area contributed by atoms with Gasteiger partial charge in [-0.2, -0.15) is 0 Å². The van der Waals surface area contributed by atoms with Crippen LogP contribution < -0.4 is 24.4 Å². The van der Waals surface area contributed by atoms with Crippen molar-refractivity contribution in [2.45, 2.75) is 26.0 Å². The van der Waals surface area contributed by atoms with Crippen LogP contribution in [0.3, 0.4) is 0 Å². The van der Waals surface area contributed by atoms with Gasteiger partial charge in [0, 0.05) is 23.9 Å². The lowest BCUT2D eigenvalue weighted by atomic mass is 10.1. The average Bonchev–Trinajstić information content (AvgIpc) is 2.75. The van der Waals surface area contributed by atoms with Crippen LogP contribution in [0.25, 0.3) is 0 Å². The Labute approximate surface area is 203 Å². The molecule has 0 spiro atoms. The first kappa shape index (κ1) is 25.7. The van der Waals surface area contributed by atoms with Gasteiger partial charge in [-0.1, -0.05) is 6.07 Å². The lowest BCUT2D eigenvalue weighted by Crippen LogP contribution is -2.55. The van der Waals surface area contributed by atoms with Crippen molar-refractivity contribution in [1.29, 1.82) is 0 Å². The Morgan fingerprint density at radius 1 is 1.00 bits per heavy atom. The lowest BCUT2D eigenvalue weighted by molar-refractivity contribution is -0.119. The highest BCUT2D eigenvalue weighted by Crippen LogP contribution is 2.28. The maximum Gasteiger partial charge on any atom is 0.347 e. The fourth-order valence-electron chi connectivity index (χ4n) is 3.72. The molecule has 2 aromatic rings. The average molecular weight is 503 g/mol. The zero-order valence-corrected chi connectivity index (χ0v) is 20.7. The lowest BCUT2D eigenvalue weighted by Gasteiger charge is -2.29. The zero-order chi connectivity index (χ0) is 25.9. The van der Waals surface area contributed by atoms with Crippen molar-refractivity contribution in [2.75, 3.05) is 30.4 Å². The molecule has 2 aromatic carbocycles. The van der Waals surface area contributed by atoms with Gasteiger partial charge in [0.15, 0.2) is 5.25 Å². The second-order valence-corrected chi connectivity index (χ2v) is 9.92. The summed E-state index contributed by atoms with van der Waals surface area (Å²) in [4.78, 5) is 40.7. The van der Waals surface area contributed by atoms with Gasteiger partial charge < -0.3 is 14.8 Å². The molecule has 186 valence electrons. The molecular formula is C23H26N4O7S. The Balaban J connectivity index is 2.01. The maximum atomic E-state index is 13.7. The predicted octanol–water partition coefficient (Wildman–Crippen LogP) is 2.17. The number of hydrogen-bond acceptors (Lipinski definition) is 7. The fraction of sp³-hybridized carbons (Fsp3) is 0.304. The van der Waals surface area contributed by atoms with Crippen LogP contribution >= 0.6 is 0 Å². The van der Waals surface area contributed by atoms with Gasteiger partial charge in [-0.05, 0) is 44.0 Å². The number of anilines is 2. The number of urea groups is 1. The first-order chi connectivity index (χ1) is 16.4. The summed E-state index contributed by atoms with van der Waals surface area (Å²) >= 11 is 0. The number of hydrogen-bond donors (Lipinski definition) is 2. The molecule has 11 nitrogen and oxygen atoms in total. The molecule has 1 atom stereocenters. The number of aryl methyl sites for hydroxylation is 2. The standard InChI is InChI=1S/C23H26N4O7S/c1-13-6-14(2)8-17(7-13)27(35(31,32)21-15(3)24-23(30)26-22(21)29)12-20(28)25-16-9-18(33-4)11-19(10-16)34-5/h6-11,21H,12H2,1-5H3,(H,25,28)(H,26,29,30). The van der Waals surface area contributed by atoms with Crippen molar-refractivity contribution in [3.8, 4) is 11.5 Å². The van der Waals surface area contributed by atoms with Gasteiger partial charge in [0.1, 0.15) is 18.0 Å². The summed E-state index contributed by atoms with van der Waals surface area (Å²) in [6.45, 7) is 4.20. The highest BCUT2D eigenvalue weighted by atomic mass is 32.2. The topological polar surface area (TPSA) is 143 Å². The van der Waals surface area contributed by atoms with Gasteiger partial charge in [0.05, 0.1) is 25.6 Å². The summed E-state index contributed by atoms with van der Waals surface area (Å²) < 4.78 is 38.6. The molecule has 0 aliphatic carbocycles. The Kier molecular flexibility index (Phi) is 7.44. The third-order valence-corrected chi connectivity index (χ3v) is 7.25. The third kappa shape index (κ3) is 5.77. The summed E-state index contributed by atoms with van der Waals surface area (Å²) in [5, 5.41) is 2.78. The van der Waals surface area contributed by atoms with E-state index >= 15 is 0 Å². The normalized spacial score (nSPS) is 15.7. The van der Waals surface area contributed by atoms with Gasteiger partial charge >= 0.3 is 6.03 Å². The molecule has 1 unspecified atom stereocenters. The van der Waals surface area contributed by atoms with E-state index in [2.05, 4.69) is 10.3 Å². The molecule has 0 saturated heterocycles. The number of nitrogens with zero attached hydrogens (tertiary/aromatic N) is 2. The van der Waals surface area contributed by atoms with Crippen molar-refractivity contribution in [3.63, 3.8) is 0 Å². The second-order valence-electron chi connectivity index (χ2n) is 7.97. The zero-order valence-electron chi connectivity index (χ0n) is 19.9. The summed E-state index contributed by atoms with van der Waals surface area (Å²) in [6.07, 6.45) is 0. The molecule has 2 N–H and O–H groups in total. The van der Waals surface area contributed by atoms with Crippen molar-refractivity contribution >= 4 is 45.0 Å². The van der Waals surface area contributed by atoms with Crippen LogP contribution in [0, 0.1) is 13.8 Å². The predicted molar refractivity (Wildman–Crippen MR) is 131 cm³/mol. The molecule has 35 heavy (non-hydrogen) atoms. The fourth-order valence-corrected chi connectivity index (χ4v) is 5.48. The number of rotatable bonds is 8. The van der Waals surface area contributed by atoms with Gasteiger partial charge in [0.2, 0.25) is 5.91 Å². The first-order valence-electron chi connectivity index (χ1n) is 10.5.